The van der Waals surface area contributed by atoms with Crippen molar-refractivity contribution in [1.29, 1.82) is 0 Å². The van der Waals surface area contributed by atoms with Gasteiger partial charge in [-0.25, -0.2) is 0 Å². The highest BCUT2D eigenvalue weighted by molar-refractivity contribution is 7.80. The highest BCUT2D eigenvalue weighted by Gasteiger charge is 2.09. The zero-order valence-corrected chi connectivity index (χ0v) is 16.7. The summed E-state index contributed by atoms with van der Waals surface area (Å²) in [6.07, 6.45) is 0.354. The first-order valence-corrected chi connectivity index (χ1v) is 9.44. The van der Waals surface area contributed by atoms with Crippen molar-refractivity contribution in [2.75, 3.05) is 7.11 Å². The van der Waals surface area contributed by atoms with Crippen LogP contribution in [0, 0.1) is 0 Å². The maximum absolute atomic E-state index is 12.2. The Balaban J connectivity index is 1.47. The van der Waals surface area contributed by atoms with Crippen molar-refractivity contribution in [1.82, 2.24) is 16.2 Å². The van der Waals surface area contributed by atoms with E-state index in [4.69, 9.17) is 17.0 Å². The molecule has 0 heterocycles. The molecule has 0 atom stereocenters. The number of ether oxygens (including phenoxy) is 1. The molecule has 0 aliphatic rings. The van der Waals surface area contributed by atoms with Crippen molar-refractivity contribution < 1.29 is 14.3 Å². The number of carbonyl (C=O) groups is 2. The molecular weight excluding hydrogens is 386 g/mol. The highest BCUT2D eigenvalue weighted by Crippen LogP contribution is 2.18. The Morgan fingerprint density at radius 1 is 0.862 bits per heavy atom. The molecule has 0 spiro atoms. The van der Waals surface area contributed by atoms with E-state index in [-0.39, 0.29) is 29.8 Å². The molecule has 0 aliphatic heterocycles. The Labute approximate surface area is 174 Å². The summed E-state index contributed by atoms with van der Waals surface area (Å²) in [7, 11) is 1.58. The fourth-order valence-electron chi connectivity index (χ4n) is 2.92. The SMILES string of the molecule is COc1ccc(CC(=O)NC(=S)NNC(=O)Cc2cccc3ccccc23)cc1. The molecule has 0 saturated carbocycles. The third-order valence-electron chi connectivity index (χ3n) is 4.32. The molecule has 148 valence electrons. The van der Waals surface area contributed by atoms with Crippen LogP contribution in [0.4, 0.5) is 0 Å². The summed E-state index contributed by atoms with van der Waals surface area (Å²) in [5, 5.41) is 4.68. The first-order chi connectivity index (χ1) is 14.0. The number of methoxy groups -OCH3 is 1. The lowest BCUT2D eigenvalue weighted by Crippen LogP contribution is -2.49. The van der Waals surface area contributed by atoms with E-state index < -0.39 is 0 Å². The number of fused-ring (bicyclic) bond motifs is 1. The second kappa shape index (κ2) is 9.66. The molecule has 3 aromatic carbocycles. The van der Waals surface area contributed by atoms with Gasteiger partial charge < -0.3 is 10.1 Å². The van der Waals surface area contributed by atoms with Gasteiger partial charge in [-0.3, -0.25) is 20.4 Å². The van der Waals surface area contributed by atoms with Gasteiger partial charge >= 0.3 is 0 Å². The van der Waals surface area contributed by atoms with Crippen LogP contribution >= 0.6 is 12.2 Å². The summed E-state index contributed by atoms with van der Waals surface area (Å²) >= 11 is 5.07. The molecule has 0 aliphatic carbocycles. The van der Waals surface area contributed by atoms with Gasteiger partial charge in [-0.2, -0.15) is 0 Å². The molecule has 3 N–H and O–H groups in total. The summed E-state index contributed by atoms with van der Waals surface area (Å²) in [6.45, 7) is 0. The van der Waals surface area contributed by atoms with Gasteiger partial charge in [0.15, 0.2) is 5.11 Å². The average Bonchev–Trinajstić information content (AvgIpc) is 2.73. The van der Waals surface area contributed by atoms with Crippen molar-refractivity contribution in [3.63, 3.8) is 0 Å². The highest BCUT2D eigenvalue weighted by atomic mass is 32.1. The van der Waals surface area contributed by atoms with E-state index in [1.54, 1.807) is 31.4 Å². The predicted molar refractivity (Wildman–Crippen MR) is 116 cm³/mol. The van der Waals surface area contributed by atoms with E-state index in [9.17, 15) is 9.59 Å². The normalized spacial score (nSPS) is 10.2. The number of amides is 2. The molecule has 0 bridgehead atoms. The van der Waals surface area contributed by atoms with Gasteiger partial charge in [0.1, 0.15) is 5.75 Å². The maximum atomic E-state index is 12.2. The van der Waals surface area contributed by atoms with E-state index in [1.807, 2.05) is 42.5 Å². The van der Waals surface area contributed by atoms with Crippen molar-refractivity contribution in [3.05, 3.63) is 77.9 Å². The summed E-state index contributed by atoms with van der Waals surface area (Å²) < 4.78 is 5.09. The number of carbonyl (C=O) groups excluding carboxylic acids is 2. The first kappa shape index (κ1) is 20.3. The summed E-state index contributed by atoms with van der Waals surface area (Å²) in [6, 6.07) is 20.9. The summed E-state index contributed by atoms with van der Waals surface area (Å²) in [5.41, 5.74) is 6.82. The molecule has 0 fully saturated rings. The van der Waals surface area contributed by atoms with Gasteiger partial charge in [0.05, 0.1) is 20.0 Å². The second-order valence-electron chi connectivity index (χ2n) is 6.39. The van der Waals surface area contributed by atoms with Crippen LogP contribution in [0.3, 0.4) is 0 Å². The van der Waals surface area contributed by atoms with E-state index >= 15 is 0 Å². The minimum Gasteiger partial charge on any atom is -0.497 e. The molecule has 2 amide bonds. The maximum Gasteiger partial charge on any atom is 0.242 e. The minimum atomic E-state index is -0.282. The van der Waals surface area contributed by atoms with Crippen LogP contribution in [0.1, 0.15) is 11.1 Å². The average molecular weight is 407 g/mol. The number of rotatable bonds is 5. The lowest BCUT2D eigenvalue weighted by atomic mass is 10.0. The van der Waals surface area contributed by atoms with Crippen LogP contribution in [0.15, 0.2) is 66.7 Å². The Morgan fingerprint density at radius 2 is 1.59 bits per heavy atom. The molecule has 0 saturated heterocycles. The van der Waals surface area contributed by atoms with E-state index in [2.05, 4.69) is 16.2 Å². The first-order valence-electron chi connectivity index (χ1n) is 9.03. The standard InChI is InChI=1S/C22H21N3O3S/c1-28-18-11-9-15(10-12-18)13-20(26)23-22(29)25-24-21(27)14-17-7-4-6-16-5-2-3-8-19(16)17/h2-12H,13-14H2,1H3,(H,24,27)(H2,23,25,26,29). The largest absolute Gasteiger partial charge is 0.497 e. The van der Waals surface area contributed by atoms with Crippen molar-refractivity contribution in [3.8, 4) is 5.75 Å². The number of hydrazine groups is 1. The van der Waals surface area contributed by atoms with E-state index in [1.165, 1.54) is 0 Å². The summed E-state index contributed by atoms with van der Waals surface area (Å²) in [5.74, 6) is 0.185. The zero-order chi connectivity index (χ0) is 20.6. The van der Waals surface area contributed by atoms with Gasteiger partial charge in [0, 0.05) is 0 Å². The molecule has 0 unspecified atom stereocenters. The number of benzene rings is 3. The number of thiocarbonyl (C=S) groups is 1. The van der Waals surface area contributed by atoms with Gasteiger partial charge in [-0.15, -0.1) is 0 Å². The predicted octanol–water partition coefficient (Wildman–Crippen LogP) is 2.66. The van der Waals surface area contributed by atoms with Crippen molar-refractivity contribution in [2.24, 2.45) is 0 Å². The quantitative estimate of drug-likeness (QED) is 0.448. The topological polar surface area (TPSA) is 79.5 Å². The van der Waals surface area contributed by atoms with Crippen LogP contribution in [0.2, 0.25) is 0 Å². The fraction of sp³-hybridized carbons (Fsp3) is 0.136. The third-order valence-corrected chi connectivity index (χ3v) is 4.53. The Morgan fingerprint density at radius 3 is 2.34 bits per heavy atom. The monoisotopic (exact) mass is 407 g/mol. The van der Waals surface area contributed by atoms with Crippen molar-refractivity contribution >= 4 is 39.9 Å². The summed E-state index contributed by atoms with van der Waals surface area (Å²) in [4.78, 5) is 24.3. The Hall–Kier alpha value is -3.45. The van der Waals surface area contributed by atoms with Crippen LogP contribution in [0.25, 0.3) is 10.8 Å². The molecule has 29 heavy (non-hydrogen) atoms. The minimum absolute atomic E-state index is 0.0368. The zero-order valence-electron chi connectivity index (χ0n) is 15.9. The number of nitrogens with one attached hydrogen (secondary N) is 3. The van der Waals surface area contributed by atoms with Crippen LogP contribution in [-0.2, 0) is 22.4 Å². The molecule has 3 rings (SSSR count). The van der Waals surface area contributed by atoms with Gasteiger partial charge in [-0.05, 0) is 46.2 Å². The van der Waals surface area contributed by atoms with E-state index in [0.29, 0.717) is 0 Å². The Kier molecular flexibility index (Phi) is 6.76. The lowest BCUT2D eigenvalue weighted by Gasteiger charge is -2.12. The molecule has 0 aromatic heterocycles. The van der Waals surface area contributed by atoms with Crippen LogP contribution < -0.4 is 20.9 Å². The molecule has 3 aromatic rings. The third kappa shape index (κ3) is 5.76. The Bertz CT molecular complexity index is 1030. The molecule has 7 heteroatoms. The van der Waals surface area contributed by atoms with Gasteiger partial charge in [0.25, 0.3) is 0 Å². The fourth-order valence-corrected chi connectivity index (χ4v) is 3.09. The smallest absolute Gasteiger partial charge is 0.242 e. The van der Waals surface area contributed by atoms with Crippen LogP contribution in [-0.4, -0.2) is 24.0 Å². The van der Waals surface area contributed by atoms with Gasteiger partial charge in [0.2, 0.25) is 11.8 Å². The molecule has 0 radical (unpaired) electrons. The number of hydrogen-bond donors (Lipinski definition) is 3. The lowest BCUT2D eigenvalue weighted by molar-refractivity contribution is -0.121. The van der Waals surface area contributed by atoms with E-state index in [0.717, 1.165) is 27.6 Å². The number of hydrogen-bond acceptors (Lipinski definition) is 4. The molecule has 6 nitrogen and oxygen atoms in total. The van der Waals surface area contributed by atoms with Gasteiger partial charge in [-0.1, -0.05) is 54.6 Å². The second-order valence-corrected chi connectivity index (χ2v) is 6.80. The molecular formula is C22H21N3O3S. The van der Waals surface area contributed by atoms with Crippen molar-refractivity contribution in [2.45, 2.75) is 12.8 Å². The van der Waals surface area contributed by atoms with Crippen LogP contribution in [0.5, 0.6) is 5.75 Å².